The third-order valence-corrected chi connectivity index (χ3v) is 8.70. The van der Waals surface area contributed by atoms with Crippen molar-refractivity contribution in [2.75, 3.05) is 24.5 Å². The number of carbonyl (C=O) groups excluding carboxylic acids is 4. The van der Waals surface area contributed by atoms with Crippen molar-refractivity contribution in [2.45, 2.75) is 69.1 Å². The SMILES string of the molecule is N#Cc1cccc(C[CH]C(=O)N2CCC3(CC2)C(=O)N(CC(=O)NC2CCCCC2)[C@H](C(N)=O)N3c2ccccc2)c1. The summed E-state index contributed by atoms with van der Waals surface area (Å²) in [6.45, 7) is 0.346. The summed E-state index contributed by atoms with van der Waals surface area (Å²) in [6, 6.07) is 18.5. The molecule has 10 heteroatoms. The van der Waals surface area contributed by atoms with Gasteiger partial charge in [-0.05, 0) is 61.9 Å². The molecule has 0 bridgehead atoms. The number of primary amides is 1. The Morgan fingerprint density at radius 3 is 2.40 bits per heavy atom. The van der Waals surface area contributed by atoms with E-state index in [-0.39, 0.29) is 43.1 Å². The summed E-state index contributed by atoms with van der Waals surface area (Å²) < 4.78 is 0. The zero-order chi connectivity index (χ0) is 29.7. The van der Waals surface area contributed by atoms with Crippen molar-refractivity contribution in [1.29, 1.82) is 5.26 Å². The van der Waals surface area contributed by atoms with Crippen LogP contribution < -0.4 is 16.0 Å². The van der Waals surface area contributed by atoms with E-state index in [1.54, 1.807) is 34.4 Å². The molecule has 0 aromatic heterocycles. The van der Waals surface area contributed by atoms with Crippen LogP contribution >= 0.6 is 0 Å². The van der Waals surface area contributed by atoms with Crippen molar-refractivity contribution in [2.24, 2.45) is 5.73 Å². The van der Waals surface area contributed by atoms with Gasteiger partial charge in [0.05, 0.1) is 18.1 Å². The minimum atomic E-state index is -1.13. The predicted molar refractivity (Wildman–Crippen MR) is 156 cm³/mol. The number of piperidine rings is 1. The van der Waals surface area contributed by atoms with Gasteiger partial charge >= 0.3 is 0 Å². The van der Waals surface area contributed by atoms with E-state index in [0.717, 1.165) is 37.7 Å². The van der Waals surface area contributed by atoms with Crippen molar-refractivity contribution < 1.29 is 19.2 Å². The number of benzene rings is 2. The standard InChI is InChI=1S/C32H37N6O4/c33-21-24-9-7-8-23(20-24)14-15-28(40)36-18-16-32(17-19-36)31(42)37(22-27(39)35-25-10-3-1-4-11-25)30(29(34)41)38(32)26-12-5-2-6-13-26/h2,5-9,12-13,15,20,25,30H,1,3-4,10-11,14,16-19,22H2,(H2,34,41)(H,35,39)/t30-/m0/s1. The third kappa shape index (κ3) is 5.96. The van der Waals surface area contributed by atoms with Gasteiger partial charge in [-0.1, -0.05) is 49.6 Å². The lowest BCUT2D eigenvalue weighted by atomic mass is 9.85. The van der Waals surface area contributed by atoms with E-state index in [0.29, 0.717) is 30.8 Å². The number of likely N-dealkylation sites (tertiary alicyclic amines) is 1. The molecule has 3 fully saturated rings. The van der Waals surface area contributed by atoms with Crippen molar-refractivity contribution in [3.8, 4) is 6.07 Å². The van der Waals surface area contributed by atoms with Crippen LogP contribution in [0.1, 0.15) is 56.1 Å². The van der Waals surface area contributed by atoms with Gasteiger partial charge in [0.1, 0.15) is 12.1 Å². The van der Waals surface area contributed by atoms with Gasteiger partial charge in [-0.3, -0.25) is 19.2 Å². The molecule has 3 N–H and O–H groups in total. The molecule has 1 saturated carbocycles. The van der Waals surface area contributed by atoms with E-state index in [1.807, 2.05) is 36.4 Å². The van der Waals surface area contributed by atoms with Crippen LogP contribution in [0.5, 0.6) is 0 Å². The van der Waals surface area contributed by atoms with Crippen molar-refractivity contribution in [3.05, 3.63) is 72.1 Å². The van der Waals surface area contributed by atoms with E-state index >= 15 is 0 Å². The maximum Gasteiger partial charge on any atom is 0.261 e. The van der Waals surface area contributed by atoms with Crippen molar-refractivity contribution in [1.82, 2.24) is 15.1 Å². The number of para-hydroxylation sites is 1. The van der Waals surface area contributed by atoms with Crippen LogP contribution in [0, 0.1) is 17.8 Å². The van der Waals surface area contributed by atoms with Gasteiger partial charge in [-0.2, -0.15) is 5.26 Å². The Labute approximate surface area is 246 Å². The molecule has 0 unspecified atom stereocenters. The van der Waals surface area contributed by atoms with Gasteiger partial charge in [-0.25, -0.2) is 0 Å². The second-order valence-electron chi connectivity index (χ2n) is 11.4. The van der Waals surface area contributed by atoms with Gasteiger partial charge in [-0.15, -0.1) is 0 Å². The fraction of sp³-hybridized carbons (Fsp3) is 0.438. The molecule has 1 aliphatic carbocycles. The van der Waals surface area contributed by atoms with Crippen LogP contribution in [0.4, 0.5) is 5.69 Å². The van der Waals surface area contributed by atoms with Crippen molar-refractivity contribution in [3.63, 3.8) is 0 Å². The van der Waals surface area contributed by atoms with Crippen LogP contribution in [0.15, 0.2) is 54.6 Å². The molecule has 3 aliphatic rings. The van der Waals surface area contributed by atoms with Gasteiger partial charge in [0.2, 0.25) is 11.8 Å². The number of nitrogens with one attached hydrogen (secondary N) is 1. The molecule has 5 rings (SSSR count). The maximum atomic E-state index is 14.2. The van der Waals surface area contributed by atoms with Crippen LogP contribution in [-0.2, 0) is 25.6 Å². The summed E-state index contributed by atoms with van der Waals surface area (Å²) in [5.41, 5.74) is 6.86. The number of anilines is 1. The highest BCUT2D eigenvalue weighted by atomic mass is 16.2. The van der Waals surface area contributed by atoms with Gasteiger partial charge < -0.3 is 25.8 Å². The van der Waals surface area contributed by atoms with E-state index in [2.05, 4.69) is 11.4 Å². The molecule has 1 atom stereocenters. The Hall–Kier alpha value is -4.39. The smallest absolute Gasteiger partial charge is 0.261 e. The first kappa shape index (κ1) is 29.1. The largest absolute Gasteiger partial charge is 0.366 e. The number of hydrogen-bond acceptors (Lipinski definition) is 6. The van der Waals surface area contributed by atoms with E-state index in [1.165, 1.54) is 4.90 Å². The molecule has 2 aromatic rings. The first-order chi connectivity index (χ1) is 20.3. The minimum Gasteiger partial charge on any atom is -0.366 e. The second kappa shape index (κ2) is 12.6. The zero-order valence-corrected chi connectivity index (χ0v) is 23.7. The Morgan fingerprint density at radius 2 is 1.74 bits per heavy atom. The Balaban J connectivity index is 1.33. The quantitative estimate of drug-likeness (QED) is 0.500. The highest BCUT2D eigenvalue weighted by Gasteiger charge is 2.60. The van der Waals surface area contributed by atoms with Crippen LogP contribution in [-0.4, -0.2) is 70.8 Å². The number of rotatable bonds is 8. The Kier molecular flexibility index (Phi) is 8.76. The van der Waals surface area contributed by atoms with E-state index in [4.69, 9.17) is 11.0 Å². The molecular weight excluding hydrogens is 532 g/mol. The zero-order valence-electron chi connectivity index (χ0n) is 23.7. The summed E-state index contributed by atoms with van der Waals surface area (Å²) in [7, 11) is 0. The number of nitrogens with zero attached hydrogens (tertiary/aromatic N) is 4. The normalized spacial score (nSPS) is 20.4. The molecule has 2 saturated heterocycles. The lowest BCUT2D eigenvalue weighted by molar-refractivity contribution is -0.141. The summed E-state index contributed by atoms with van der Waals surface area (Å²) in [6.07, 6.45) is 6.51. The van der Waals surface area contributed by atoms with Crippen LogP contribution in [0.3, 0.4) is 0 Å². The Morgan fingerprint density at radius 1 is 1.02 bits per heavy atom. The highest BCUT2D eigenvalue weighted by Crippen LogP contribution is 2.42. The highest BCUT2D eigenvalue weighted by molar-refractivity contribution is 6.03. The summed E-state index contributed by atoms with van der Waals surface area (Å²) in [5.74, 6) is -1.48. The number of carbonyl (C=O) groups is 4. The molecule has 2 heterocycles. The predicted octanol–water partition coefficient (Wildman–Crippen LogP) is 2.28. The fourth-order valence-electron chi connectivity index (χ4n) is 6.60. The average molecular weight is 570 g/mol. The van der Waals surface area contributed by atoms with Crippen LogP contribution in [0.2, 0.25) is 0 Å². The molecular formula is C32H37N6O4. The first-order valence-corrected chi connectivity index (χ1v) is 14.7. The van der Waals surface area contributed by atoms with Gasteiger partial charge in [0.25, 0.3) is 11.8 Å². The summed E-state index contributed by atoms with van der Waals surface area (Å²) >= 11 is 0. The van der Waals surface area contributed by atoms with Crippen molar-refractivity contribution >= 4 is 29.3 Å². The topological polar surface area (TPSA) is 140 Å². The monoisotopic (exact) mass is 569 g/mol. The molecule has 10 nitrogen and oxygen atoms in total. The third-order valence-electron chi connectivity index (χ3n) is 8.70. The maximum absolute atomic E-state index is 14.2. The number of nitriles is 1. The molecule has 2 aromatic carbocycles. The molecule has 219 valence electrons. The fourth-order valence-corrected chi connectivity index (χ4v) is 6.60. The molecule has 4 amide bonds. The van der Waals surface area contributed by atoms with Crippen LogP contribution in [0.25, 0.3) is 0 Å². The number of amides is 4. The minimum absolute atomic E-state index is 0.0723. The summed E-state index contributed by atoms with van der Waals surface area (Å²) in [5, 5.41) is 12.2. The lowest BCUT2D eigenvalue weighted by Gasteiger charge is -2.44. The molecule has 1 spiro atoms. The molecule has 1 radical (unpaired) electrons. The molecule has 42 heavy (non-hydrogen) atoms. The number of nitrogens with two attached hydrogens (primary N) is 1. The van der Waals surface area contributed by atoms with E-state index in [9.17, 15) is 19.2 Å². The second-order valence-corrected chi connectivity index (χ2v) is 11.4. The molecule has 2 aliphatic heterocycles. The summed E-state index contributed by atoms with van der Waals surface area (Å²) in [4.78, 5) is 58.2. The van der Waals surface area contributed by atoms with Gasteiger partial charge in [0.15, 0.2) is 6.17 Å². The average Bonchev–Trinajstić information content (AvgIpc) is 3.24. The van der Waals surface area contributed by atoms with E-state index < -0.39 is 17.6 Å². The first-order valence-electron chi connectivity index (χ1n) is 14.7. The Bertz CT molecular complexity index is 1360. The lowest BCUT2D eigenvalue weighted by Crippen LogP contribution is -2.59. The van der Waals surface area contributed by atoms with Gasteiger partial charge in [0, 0.05) is 24.8 Å². The number of hydrogen-bond donors (Lipinski definition) is 2.